The minimum absolute atomic E-state index is 0.0123. The molecule has 0 saturated heterocycles. The molecule has 0 N–H and O–H groups in total. The molecule has 156 valence electrons. The van der Waals surface area contributed by atoms with Gasteiger partial charge in [0.15, 0.2) is 0 Å². The number of carbonyl (C=O) groups excluding carboxylic acids is 1. The first kappa shape index (κ1) is 20.1. The standard InChI is InChI=1S/C24H28N4O2/c1-16(2)13-23(29)27-21(18-9-11-20(30-4)12-10-18)14-22(28-24(27)25-15-26-28)19-7-5-17(3)6-8-19/h5-12,15-16,21-22H,13-14H2,1-4H3. The van der Waals surface area contributed by atoms with E-state index in [2.05, 4.69) is 55.1 Å². The Balaban J connectivity index is 1.80. The van der Waals surface area contributed by atoms with Gasteiger partial charge in [-0.05, 0) is 42.5 Å². The van der Waals surface area contributed by atoms with E-state index in [4.69, 9.17) is 4.74 Å². The van der Waals surface area contributed by atoms with Crippen LogP contribution < -0.4 is 9.64 Å². The molecule has 4 rings (SSSR count). The van der Waals surface area contributed by atoms with Crippen molar-refractivity contribution in [1.29, 1.82) is 0 Å². The molecule has 1 aliphatic rings. The monoisotopic (exact) mass is 404 g/mol. The summed E-state index contributed by atoms with van der Waals surface area (Å²) < 4.78 is 7.21. The zero-order valence-corrected chi connectivity index (χ0v) is 17.9. The molecule has 0 aliphatic carbocycles. The third-order valence-electron chi connectivity index (χ3n) is 5.64. The van der Waals surface area contributed by atoms with Crippen LogP contribution in [0.5, 0.6) is 5.75 Å². The molecule has 2 heterocycles. The third-order valence-corrected chi connectivity index (χ3v) is 5.64. The maximum absolute atomic E-state index is 13.3. The molecular weight excluding hydrogens is 376 g/mol. The highest BCUT2D eigenvalue weighted by molar-refractivity contribution is 5.93. The van der Waals surface area contributed by atoms with E-state index in [0.717, 1.165) is 17.7 Å². The summed E-state index contributed by atoms with van der Waals surface area (Å²) in [6, 6.07) is 16.4. The molecule has 1 aromatic heterocycles. The lowest BCUT2D eigenvalue weighted by molar-refractivity contribution is -0.120. The fraction of sp³-hybridized carbons (Fsp3) is 0.375. The minimum atomic E-state index is -0.120. The molecule has 6 heteroatoms. The molecule has 2 unspecified atom stereocenters. The Kier molecular flexibility index (Phi) is 5.57. The smallest absolute Gasteiger partial charge is 0.231 e. The number of carbonyl (C=O) groups is 1. The molecule has 30 heavy (non-hydrogen) atoms. The molecule has 0 fully saturated rings. The number of nitrogens with zero attached hydrogens (tertiary/aromatic N) is 4. The van der Waals surface area contributed by atoms with Crippen LogP contribution in [0.1, 0.15) is 55.5 Å². The van der Waals surface area contributed by atoms with Gasteiger partial charge in [0.05, 0.1) is 19.2 Å². The Labute approximate surface area is 177 Å². The maximum Gasteiger partial charge on any atom is 0.231 e. The average molecular weight is 405 g/mol. The van der Waals surface area contributed by atoms with Crippen molar-refractivity contribution in [2.45, 2.75) is 45.7 Å². The molecule has 1 aliphatic heterocycles. The van der Waals surface area contributed by atoms with Crippen molar-refractivity contribution >= 4 is 11.9 Å². The van der Waals surface area contributed by atoms with Crippen LogP contribution >= 0.6 is 0 Å². The molecule has 2 aromatic carbocycles. The van der Waals surface area contributed by atoms with Crippen LogP contribution in [0.25, 0.3) is 0 Å². The number of fused-ring (bicyclic) bond motifs is 1. The molecule has 6 nitrogen and oxygen atoms in total. The van der Waals surface area contributed by atoms with Crippen LogP contribution in [0, 0.1) is 12.8 Å². The van der Waals surface area contributed by atoms with Crippen molar-refractivity contribution < 1.29 is 9.53 Å². The lowest BCUT2D eigenvalue weighted by atomic mass is 9.91. The van der Waals surface area contributed by atoms with Crippen molar-refractivity contribution in [3.05, 3.63) is 71.5 Å². The van der Waals surface area contributed by atoms with Crippen molar-refractivity contribution in [3.63, 3.8) is 0 Å². The van der Waals surface area contributed by atoms with E-state index in [1.165, 1.54) is 11.1 Å². The topological polar surface area (TPSA) is 60.2 Å². The number of rotatable bonds is 5. The molecular formula is C24H28N4O2. The second-order valence-corrected chi connectivity index (χ2v) is 8.32. The highest BCUT2D eigenvalue weighted by Crippen LogP contribution is 2.42. The number of aryl methyl sites for hydroxylation is 1. The predicted molar refractivity (Wildman–Crippen MR) is 117 cm³/mol. The van der Waals surface area contributed by atoms with Gasteiger partial charge in [-0.2, -0.15) is 10.1 Å². The zero-order chi connectivity index (χ0) is 21.3. The summed E-state index contributed by atoms with van der Waals surface area (Å²) in [6.45, 7) is 6.20. The van der Waals surface area contributed by atoms with Crippen LogP contribution in [-0.2, 0) is 4.79 Å². The van der Waals surface area contributed by atoms with E-state index in [0.29, 0.717) is 12.4 Å². The van der Waals surface area contributed by atoms with Gasteiger partial charge in [0.2, 0.25) is 11.9 Å². The lowest BCUT2D eigenvalue weighted by Crippen LogP contribution is -2.43. The quantitative estimate of drug-likeness (QED) is 0.618. The summed E-state index contributed by atoms with van der Waals surface area (Å²) in [5, 5.41) is 4.50. The first-order valence-electron chi connectivity index (χ1n) is 10.4. The summed E-state index contributed by atoms with van der Waals surface area (Å²) in [7, 11) is 1.66. The molecule has 0 saturated carbocycles. The molecule has 2 atom stereocenters. The molecule has 0 radical (unpaired) electrons. The Morgan fingerprint density at radius 2 is 1.70 bits per heavy atom. The maximum atomic E-state index is 13.3. The highest BCUT2D eigenvalue weighted by atomic mass is 16.5. The average Bonchev–Trinajstić information content (AvgIpc) is 3.22. The van der Waals surface area contributed by atoms with Crippen molar-refractivity contribution in [2.75, 3.05) is 12.0 Å². The number of ether oxygens (including phenoxy) is 1. The molecule has 3 aromatic rings. The van der Waals surface area contributed by atoms with Crippen LogP contribution in [-0.4, -0.2) is 27.8 Å². The number of hydrogen-bond donors (Lipinski definition) is 0. The number of methoxy groups -OCH3 is 1. The van der Waals surface area contributed by atoms with Crippen LogP contribution in [0.3, 0.4) is 0 Å². The van der Waals surface area contributed by atoms with Gasteiger partial charge in [-0.3, -0.25) is 9.69 Å². The molecule has 0 bridgehead atoms. The van der Waals surface area contributed by atoms with Crippen LogP contribution in [0.15, 0.2) is 54.9 Å². The Hall–Kier alpha value is -3.15. The summed E-state index contributed by atoms with van der Waals surface area (Å²) in [5.41, 5.74) is 3.45. The highest BCUT2D eigenvalue weighted by Gasteiger charge is 2.39. The van der Waals surface area contributed by atoms with Gasteiger partial charge in [0.25, 0.3) is 0 Å². The lowest BCUT2D eigenvalue weighted by Gasteiger charge is -2.39. The van der Waals surface area contributed by atoms with E-state index in [9.17, 15) is 4.79 Å². The normalized spacial score (nSPS) is 18.4. The number of benzene rings is 2. The SMILES string of the molecule is COc1ccc(C2CC(c3ccc(C)cc3)n3ncnc3N2C(=O)CC(C)C)cc1. The van der Waals surface area contributed by atoms with E-state index in [-0.39, 0.29) is 23.9 Å². The third kappa shape index (κ3) is 3.82. The summed E-state index contributed by atoms with van der Waals surface area (Å²) >= 11 is 0. The second kappa shape index (κ2) is 8.30. The largest absolute Gasteiger partial charge is 0.497 e. The Bertz CT molecular complexity index is 1010. The van der Waals surface area contributed by atoms with Gasteiger partial charge in [-0.15, -0.1) is 0 Å². The van der Waals surface area contributed by atoms with Crippen molar-refractivity contribution in [3.8, 4) is 5.75 Å². The van der Waals surface area contributed by atoms with Gasteiger partial charge in [0, 0.05) is 6.42 Å². The van der Waals surface area contributed by atoms with Crippen molar-refractivity contribution in [2.24, 2.45) is 5.92 Å². The Morgan fingerprint density at radius 3 is 2.33 bits per heavy atom. The van der Waals surface area contributed by atoms with E-state index in [1.54, 1.807) is 13.4 Å². The van der Waals surface area contributed by atoms with Crippen LogP contribution in [0.2, 0.25) is 0 Å². The number of amides is 1. The number of hydrogen-bond acceptors (Lipinski definition) is 4. The minimum Gasteiger partial charge on any atom is -0.497 e. The Morgan fingerprint density at radius 1 is 1.07 bits per heavy atom. The van der Waals surface area contributed by atoms with E-state index < -0.39 is 0 Å². The van der Waals surface area contributed by atoms with Gasteiger partial charge >= 0.3 is 0 Å². The fourth-order valence-corrected chi connectivity index (χ4v) is 4.10. The summed E-state index contributed by atoms with van der Waals surface area (Å²) in [4.78, 5) is 19.6. The number of anilines is 1. The van der Waals surface area contributed by atoms with Crippen LogP contribution in [0.4, 0.5) is 5.95 Å². The first-order chi connectivity index (χ1) is 14.5. The summed E-state index contributed by atoms with van der Waals surface area (Å²) in [5.74, 6) is 1.74. The fourth-order valence-electron chi connectivity index (χ4n) is 4.10. The molecule has 1 amide bonds. The van der Waals surface area contributed by atoms with Gasteiger partial charge in [-0.1, -0.05) is 55.8 Å². The van der Waals surface area contributed by atoms with E-state index >= 15 is 0 Å². The van der Waals surface area contributed by atoms with Gasteiger partial charge < -0.3 is 4.74 Å². The summed E-state index contributed by atoms with van der Waals surface area (Å²) in [6.07, 6.45) is 2.74. The molecule has 0 spiro atoms. The number of aromatic nitrogens is 3. The van der Waals surface area contributed by atoms with Crippen molar-refractivity contribution in [1.82, 2.24) is 14.8 Å². The zero-order valence-electron chi connectivity index (χ0n) is 17.9. The first-order valence-corrected chi connectivity index (χ1v) is 10.4. The van der Waals surface area contributed by atoms with Gasteiger partial charge in [-0.25, -0.2) is 4.68 Å². The van der Waals surface area contributed by atoms with Gasteiger partial charge in [0.1, 0.15) is 12.1 Å². The second-order valence-electron chi connectivity index (χ2n) is 8.32. The van der Waals surface area contributed by atoms with E-state index in [1.807, 2.05) is 33.8 Å². The predicted octanol–water partition coefficient (Wildman–Crippen LogP) is 4.71.